The molecular weight excluding hydrogens is 175 g/mol. The van der Waals surface area contributed by atoms with Crippen LogP contribution < -0.4 is 0 Å². The second-order valence-corrected chi connectivity index (χ2v) is 4.05. The number of nitrogens with zero attached hydrogens (tertiary/aromatic N) is 2. The highest BCUT2D eigenvalue weighted by Gasteiger charge is 2.08. The van der Waals surface area contributed by atoms with Crippen LogP contribution in [0.1, 0.15) is 6.42 Å². The van der Waals surface area contributed by atoms with Crippen LogP contribution in [0.15, 0.2) is 0 Å². The van der Waals surface area contributed by atoms with Crippen LogP contribution in [0.3, 0.4) is 0 Å². The minimum Gasteiger partial charge on any atom is -0.337 e. The molecule has 0 N–H and O–H groups in total. The third kappa shape index (κ3) is 6.51. The summed E-state index contributed by atoms with van der Waals surface area (Å²) in [5.74, 6) is 0. The standard InChI is InChI=1S/C7H15N2O2P/c1-9(2)7-12(10-3)11-6-4-5-8/h4,6-7H2,1-3H3. The minimum atomic E-state index is -0.835. The van der Waals surface area contributed by atoms with Gasteiger partial charge in [-0.05, 0) is 14.1 Å². The molecule has 0 heterocycles. The quantitative estimate of drug-likeness (QED) is 0.469. The highest BCUT2D eigenvalue weighted by molar-refractivity contribution is 7.47. The summed E-state index contributed by atoms with van der Waals surface area (Å²) in [5.41, 5.74) is 0. The Balaban J connectivity index is 3.47. The SMILES string of the molecule is COP(CN(C)C)OCCC#N. The second-order valence-electron chi connectivity index (χ2n) is 2.48. The van der Waals surface area contributed by atoms with Crippen LogP contribution in [0, 0.1) is 11.3 Å². The van der Waals surface area contributed by atoms with Gasteiger partial charge >= 0.3 is 0 Å². The van der Waals surface area contributed by atoms with Gasteiger partial charge in [0.2, 0.25) is 0 Å². The number of nitriles is 1. The molecule has 0 aliphatic rings. The molecule has 1 atom stereocenters. The Bertz CT molecular complexity index is 147. The molecule has 0 aliphatic heterocycles. The fraction of sp³-hybridized carbons (Fsp3) is 0.857. The van der Waals surface area contributed by atoms with Crippen molar-refractivity contribution < 1.29 is 9.05 Å². The average molecular weight is 190 g/mol. The highest BCUT2D eigenvalue weighted by Crippen LogP contribution is 2.36. The van der Waals surface area contributed by atoms with Gasteiger partial charge in [-0.1, -0.05) is 0 Å². The van der Waals surface area contributed by atoms with Crippen molar-refractivity contribution >= 4 is 8.38 Å². The van der Waals surface area contributed by atoms with Crippen LogP contribution in [-0.4, -0.2) is 39.0 Å². The summed E-state index contributed by atoms with van der Waals surface area (Å²) in [6.45, 7) is 0.462. The molecule has 12 heavy (non-hydrogen) atoms. The third-order valence-corrected chi connectivity index (χ3v) is 2.73. The van der Waals surface area contributed by atoms with E-state index in [1.165, 1.54) is 0 Å². The summed E-state index contributed by atoms with van der Waals surface area (Å²) in [6.07, 6.45) is 1.20. The van der Waals surface area contributed by atoms with Gasteiger partial charge in [0.15, 0.2) is 8.38 Å². The van der Waals surface area contributed by atoms with Gasteiger partial charge in [-0.25, -0.2) is 0 Å². The van der Waals surface area contributed by atoms with E-state index < -0.39 is 8.38 Å². The van der Waals surface area contributed by atoms with E-state index in [1.54, 1.807) is 7.11 Å². The predicted molar refractivity (Wildman–Crippen MR) is 48.7 cm³/mol. The number of hydrogen-bond donors (Lipinski definition) is 0. The fourth-order valence-electron chi connectivity index (χ4n) is 0.575. The van der Waals surface area contributed by atoms with Crippen LogP contribution in [0.5, 0.6) is 0 Å². The molecule has 70 valence electrons. The molecule has 4 nitrogen and oxygen atoms in total. The predicted octanol–water partition coefficient (Wildman–Crippen LogP) is 1.39. The zero-order chi connectivity index (χ0) is 9.40. The summed E-state index contributed by atoms with van der Waals surface area (Å²) in [7, 11) is 4.71. The van der Waals surface area contributed by atoms with Gasteiger partial charge in [0.25, 0.3) is 0 Å². The first-order valence-electron chi connectivity index (χ1n) is 3.67. The largest absolute Gasteiger partial charge is 0.337 e. The second kappa shape index (κ2) is 7.45. The van der Waals surface area contributed by atoms with Crippen LogP contribution in [-0.2, 0) is 9.05 Å². The molecule has 0 rings (SSSR count). The molecule has 0 aromatic carbocycles. The lowest BCUT2D eigenvalue weighted by Crippen LogP contribution is -2.13. The minimum absolute atomic E-state index is 0.426. The summed E-state index contributed by atoms with van der Waals surface area (Å²) < 4.78 is 10.4. The first kappa shape index (κ1) is 11.8. The van der Waals surface area contributed by atoms with Gasteiger partial charge in [-0.2, -0.15) is 5.26 Å². The number of hydrogen-bond acceptors (Lipinski definition) is 4. The summed E-state index contributed by atoms with van der Waals surface area (Å²) in [6, 6.07) is 2.02. The zero-order valence-electron chi connectivity index (χ0n) is 7.78. The molecule has 1 unspecified atom stereocenters. The normalized spacial score (nSPS) is 12.9. The van der Waals surface area contributed by atoms with Gasteiger partial charge < -0.3 is 13.9 Å². The van der Waals surface area contributed by atoms with Gasteiger partial charge in [0.05, 0.1) is 25.4 Å². The Kier molecular flexibility index (Phi) is 7.33. The fourth-order valence-corrected chi connectivity index (χ4v) is 1.63. The lowest BCUT2D eigenvalue weighted by atomic mass is 10.5. The topological polar surface area (TPSA) is 45.5 Å². The Morgan fingerprint density at radius 2 is 2.17 bits per heavy atom. The third-order valence-electron chi connectivity index (χ3n) is 1.05. The lowest BCUT2D eigenvalue weighted by molar-refractivity contribution is 0.275. The van der Waals surface area contributed by atoms with Crippen molar-refractivity contribution in [2.45, 2.75) is 6.42 Å². The van der Waals surface area contributed by atoms with E-state index in [9.17, 15) is 0 Å². The molecule has 0 saturated carbocycles. The van der Waals surface area contributed by atoms with E-state index in [-0.39, 0.29) is 0 Å². The van der Waals surface area contributed by atoms with E-state index >= 15 is 0 Å². The maximum Gasteiger partial charge on any atom is 0.185 e. The van der Waals surface area contributed by atoms with Crippen molar-refractivity contribution in [2.75, 3.05) is 34.1 Å². The average Bonchev–Trinajstić information content (AvgIpc) is 2.02. The lowest BCUT2D eigenvalue weighted by Gasteiger charge is -2.18. The summed E-state index contributed by atoms with van der Waals surface area (Å²) in [5, 5.41) is 8.26. The van der Waals surface area contributed by atoms with E-state index in [4.69, 9.17) is 14.3 Å². The smallest absolute Gasteiger partial charge is 0.185 e. The van der Waals surface area contributed by atoms with Crippen molar-refractivity contribution in [3.05, 3.63) is 0 Å². The zero-order valence-corrected chi connectivity index (χ0v) is 8.67. The molecule has 0 saturated heterocycles. The van der Waals surface area contributed by atoms with Crippen molar-refractivity contribution in [3.8, 4) is 6.07 Å². The Morgan fingerprint density at radius 3 is 2.58 bits per heavy atom. The van der Waals surface area contributed by atoms with Crippen molar-refractivity contribution in [3.63, 3.8) is 0 Å². The Hall–Kier alpha value is -0.200. The van der Waals surface area contributed by atoms with Gasteiger partial charge in [-0.3, -0.25) is 0 Å². The molecule has 0 fully saturated rings. The van der Waals surface area contributed by atoms with Gasteiger partial charge in [0, 0.05) is 7.11 Å². The van der Waals surface area contributed by atoms with Crippen molar-refractivity contribution in [2.24, 2.45) is 0 Å². The van der Waals surface area contributed by atoms with Crippen molar-refractivity contribution in [1.29, 1.82) is 5.26 Å². The van der Waals surface area contributed by atoms with Gasteiger partial charge in [0.1, 0.15) is 0 Å². The Labute approximate surface area is 75.0 Å². The molecule has 0 aromatic heterocycles. The summed E-state index contributed by atoms with van der Waals surface area (Å²) >= 11 is 0. The number of rotatable bonds is 6. The molecule has 5 heteroatoms. The first-order valence-corrected chi connectivity index (χ1v) is 5.03. The van der Waals surface area contributed by atoms with E-state index in [0.717, 1.165) is 6.29 Å². The summed E-state index contributed by atoms with van der Waals surface area (Å²) in [4.78, 5) is 2.00. The van der Waals surface area contributed by atoms with Crippen LogP contribution in [0.4, 0.5) is 0 Å². The molecule has 0 radical (unpaired) electrons. The maximum atomic E-state index is 8.26. The molecule has 0 spiro atoms. The molecule has 0 bridgehead atoms. The van der Waals surface area contributed by atoms with Crippen LogP contribution in [0.25, 0.3) is 0 Å². The Morgan fingerprint density at radius 1 is 1.50 bits per heavy atom. The highest BCUT2D eigenvalue weighted by atomic mass is 31.2. The molecule has 0 aliphatic carbocycles. The molecule has 0 amide bonds. The van der Waals surface area contributed by atoms with Crippen LogP contribution >= 0.6 is 8.38 Å². The monoisotopic (exact) mass is 190 g/mol. The van der Waals surface area contributed by atoms with Crippen molar-refractivity contribution in [1.82, 2.24) is 4.90 Å². The maximum absolute atomic E-state index is 8.26. The van der Waals surface area contributed by atoms with E-state index in [0.29, 0.717) is 13.0 Å². The molecule has 0 aromatic rings. The van der Waals surface area contributed by atoms with Crippen LogP contribution in [0.2, 0.25) is 0 Å². The first-order chi connectivity index (χ1) is 5.70. The van der Waals surface area contributed by atoms with E-state index in [2.05, 4.69) is 0 Å². The van der Waals surface area contributed by atoms with Gasteiger partial charge in [-0.15, -0.1) is 0 Å². The molecular formula is C7H15N2O2P. The van der Waals surface area contributed by atoms with E-state index in [1.807, 2.05) is 25.1 Å².